The van der Waals surface area contributed by atoms with Gasteiger partial charge < -0.3 is 31.5 Å². The molecule has 0 fully saturated rings. The number of ether oxygens (including phenoxy) is 3. The Kier molecular flexibility index (Phi) is 8.70. The number of methoxy groups -OCH3 is 3. The van der Waals surface area contributed by atoms with E-state index >= 15 is 0 Å². The average Bonchev–Trinajstić information content (AvgIpc) is 2.87. The van der Waals surface area contributed by atoms with Crippen molar-refractivity contribution in [2.45, 2.75) is 0 Å². The maximum Gasteiger partial charge on any atom is 0.673 e. The van der Waals surface area contributed by atoms with Gasteiger partial charge in [0, 0.05) is 23.3 Å². The summed E-state index contributed by atoms with van der Waals surface area (Å²) in [4.78, 5) is 2.38. The van der Waals surface area contributed by atoms with Crippen LogP contribution in [0.4, 0.5) is 17.3 Å². The summed E-state index contributed by atoms with van der Waals surface area (Å²) >= 11 is 1.77. The summed E-state index contributed by atoms with van der Waals surface area (Å²) < 4.78 is 54.9. The molecule has 0 N–H and O–H groups in total. The van der Waals surface area contributed by atoms with Gasteiger partial charge in [0.15, 0.2) is 0 Å². The largest absolute Gasteiger partial charge is 0.673 e. The van der Waals surface area contributed by atoms with E-state index in [-0.39, 0.29) is 0 Å². The van der Waals surface area contributed by atoms with E-state index in [1.165, 1.54) is 9.75 Å². The van der Waals surface area contributed by atoms with Crippen LogP contribution in [-0.4, -0.2) is 28.6 Å². The van der Waals surface area contributed by atoms with Gasteiger partial charge in [0.2, 0.25) is 21.1 Å². The minimum Gasteiger partial charge on any atom is -0.497 e. The molecule has 4 rings (SSSR count). The van der Waals surface area contributed by atoms with E-state index < -0.39 is 7.25 Å². The molecule has 0 unspecified atom stereocenters. The fraction of sp³-hybridized carbons (Fsp3) is 0.115. The van der Waals surface area contributed by atoms with Crippen molar-refractivity contribution in [3.63, 3.8) is 0 Å². The SMILES string of the molecule is COc1ccc(-c2cc(-c3ccc(OC)cc3)[s+]c(-c3ccc(OC)cc3)c2)cc1.F[B-](F)(F)F. The van der Waals surface area contributed by atoms with Gasteiger partial charge in [-0.25, -0.2) is 0 Å². The Balaban J connectivity index is 0.000000623. The molecule has 3 nitrogen and oxygen atoms in total. The molecule has 0 saturated heterocycles. The molecule has 0 spiro atoms. The van der Waals surface area contributed by atoms with E-state index in [0.29, 0.717) is 0 Å². The summed E-state index contributed by atoms with van der Waals surface area (Å²) in [5.41, 5.74) is 4.62. The Labute approximate surface area is 205 Å². The second-order valence-corrected chi connectivity index (χ2v) is 8.34. The molecule has 0 aliphatic rings. The first-order valence-electron chi connectivity index (χ1n) is 10.5. The molecular formula is C26H23BF4O3S. The van der Waals surface area contributed by atoms with Crippen LogP contribution in [0, 0.1) is 0 Å². The fourth-order valence-corrected chi connectivity index (χ4v) is 4.36. The van der Waals surface area contributed by atoms with E-state index in [1.807, 2.05) is 36.4 Å². The van der Waals surface area contributed by atoms with Crippen LogP contribution in [0.15, 0.2) is 84.9 Å². The minimum absolute atomic E-state index is 0.850. The van der Waals surface area contributed by atoms with Crippen LogP contribution in [0.5, 0.6) is 17.2 Å². The number of hydrogen-bond acceptors (Lipinski definition) is 3. The van der Waals surface area contributed by atoms with Gasteiger partial charge >= 0.3 is 7.25 Å². The molecular weight excluding hydrogens is 479 g/mol. The van der Waals surface area contributed by atoms with Crippen LogP contribution in [0.2, 0.25) is 0 Å². The Hall–Kier alpha value is -3.59. The standard InChI is InChI=1S/C26H23O3S.BF4/c1-27-22-10-4-18(5-11-22)21-16-25(19-6-12-23(28-2)13-7-19)30-26(17-21)20-8-14-24(29-3)15-9-20;2-1(3,4)5/h4-17H,1-3H3;/q+1;-1. The normalized spacial score (nSPS) is 10.7. The van der Waals surface area contributed by atoms with E-state index in [0.717, 1.165) is 39.5 Å². The number of hydrogen-bond donors (Lipinski definition) is 0. The Morgan fingerprint density at radius 1 is 0.486 bits per heavy atom. The second-order valence-electron chi connectivity index (χ2n) is 7.25. The molecule has 182 valence electrons. The van der Waals surface area contributed by atoms with Crippen LogP contribution in [0.1, 0.15) is 0 Å². The van der Waals surface area contributed by atoms with Crippen molar-refractivity contribution in [1.82, 2.24) is 0 Å². The van der Waals surface area contributed by atoms with Gasteiger partial charge in [0.25, 0.3) is 0 Å². The molecule has 0 bridgehead atoms. The van der Waals surface area contributed by atoms with Gasteiger partial charge in [0.1, 0.15) is 17.2 Å². The molecule has 35 heavy (non-hydrogen) atoms. The van der Waals surface area contributed by atoms with E-state index in [9.17, 15) is 17.3 Å². The highest BCUT2D eigenvalue weighted by Gasteiger charge is 2.21. The summed E-state index contributed by atoms with van der Waals surface area (Å²) in [5.74, 6) is 2.55. The Morgan fingerprint density at radius 3 is 1.06 bits per heavy atom. The Bertz CT molecular complexity index is 1070. The maximum absolute atomic E-state index is 9.75. The lowest BCUT2D eigenvalue weighted by Gasteiger charge is -2.06. The van der Waals surface area contributed by atoms with Crippen molar-refractivity contribution in [2.75, 3.05) is 21.3 Å². The maximum atomic E-state index is 9.75. The van der Waals surface area contributed by atoms with Gasteiger partial charge in [-0.15, -0.1) is 0 Å². The molecule has 9 heteroatoms. The predicted octanol–water partition coefficient (Wildman–Crippen LogP) is 8.36. The quantitative estimate of drug-likeness (QED) is 0.151. The third kappa shape index (κ3) is 7.72. The van der Waals surface area contributed by atoms with Crippen molar-refractivity contribution in [3.05, 3.63) is 84.9 Å². The topological polar surface area (TPSA) is 27.7 Å². The highest BCUT2D eigenvalue weighted by atomic mass is 32.1. The lowest BCUT2D eigenvalue weighted by molar-refractivity contribution is 0.368. The zero-order chi connectivity index (χ0) is 25.4. The summed E-state index contributed by atoms with van der Waals surface area (Å²) in [6, 6.07) is 29.0. The van der Waals surface area contributed by atoms with Gasteiger partial charge in [-0.3, -0.25) is 0 Å². The van der Waals surface area contributed by atoms with Crippen LogP contribution >= 0.6 is 11.3 Å². The minimum atomic E-state index is -6.00. The number of rotatable bonds is 6. The van der Waals surface area contributed by atoms with Crippen molar-refractivity contribution < 1.29 is 31.5 Å². The summed E-state index contributed by atoms with van der Waals surface area (Å²) in [5, 5.41) is 0. The number of benzene rings is 3. The summed E-state index contributed by atoms with van der Waals surface area (Å²) in [6.45, 7) is 0. The lowest BCUT2D eigenvalue weighted by Crippen LogP contribution is -2.02. The van der Waals surface area contributed by atoms with Gasteiger partial charge in [-0.2, -0.15) is 0 Å². The molecule has 0 aliphatic heterocycles. The summed E-state index contributed by atoms with van der Waals surface area (Å²) in [6.07, 6.45) is 0. The van der Waals surface area contributed by atoms with Crippen molar-refractivity contribution in [1.29, 1.82) is 0 Å². The zero-order valence-corrected chi connectivity index (χ0v) is 20.1. The fourth-order valence-electron chi connectivity index (χ4n) is 3.25. The first-order valence-corrected chi connectivity index (χ1v) is 11.3. The van der Waals surface area contributed by atoms with E-state index in [1.54, 1.807) is 32.7 Å². The van der Waals surface area contributed by atoms with Gasteiger partial charge in [0.05, 0.1) is 21.3 Å². The molecule has 0 amide bonds. The van der Waals surface area contributed by atoms with E-state index in [2.05, 4.69) is 48.5 Å². The molecule has 4 aromatic rings. The van der Waals surface area contributed by atoms with Crippen LogP contribution in [0.3, 0.4) is 0 Å². The predicted molar refractivity (Wildman–Crippen MR) is 135 cm³/mol. The molecule has 0 atom stereocenters. The van der Waals surface area contributed by atoms with Crippen LogP contribution in [-0.2, 0) is 0 Å². The third-order valence-electron chi connectivity index (χ3n) is 4.97. The first kappa shape index (κ1) is 26.0. The van der Waals surface area contributed by atoms with E-state index in [4.69, 9.17) is 14.2 Å². The zero-order valence-electron chi connectivity index (χ0n) is 19.3. The van der Waals surface area contributed by atoms with Crippen molar-refractivity contribution in [2.24, 2.45) is 0 Å². The average molecular weight is 502 g/mol. The molecule has 0 saturated carbocycles. The van der Waals surface area contributed by atoms with Crippen molar-refractivity contribution in [3.8, 4) is 49.3 Å². The number of halogens is 4. The Morgan fingerprint density at radius 2 is 0.771 bits per heavy atom. The highest BCUT2D eigenvalue weighted by molar-refractivity contribution is 7.18. The third-order valence-corrected chi connectivity index (χ3v) is 6.11. The monoisotopic (exact) mass is 502 g/mol. The molecule has 3 aromatic carbocycles. The molecule has 1 aromatic heterocycles. The van der Waals surface area contributed by atoms with Gasteiger partial charge in [-0.05, 0) is 71.8 Å². The van der Waals surface area contributed by atoms with Crippen LogP contribution in [0.25, 0.3) is 32.0 Å². The second kappa shape index (κ2) is 11.7. The molecule has 1 heterocycles. The highest BCUT2D eigenvalue weighted by Crippen LogP contribution is 2.38. The molecule has 0 radical (unpaired) electrons. The first-order chi connectivity index (χ1) is 16.7. The smallest absolute Gasteiger partial charge is 0.497 e. The summed E-state index contributed by atoms with van der Waals surface area (Å²) in [7, 11) is -0.948. The lowest BCUT2D eigenvalue weighted by atomic mass is 10.0. The van der Waals surface area contributed by atoms with Gasteiger partial charge in [-0.1, -0.05) is 12.1 Å². The van der Waals surface area contributed by atoms with Crippen molar-refractivity contribution >= 4 is 18.6 Å². The van der Waals surface area contributed by atoms with Crippen LogP contribution < -0.4 is 14.2 Å². The molecule has 0 aliphatic carbocycles.